The minimum atomic E-state index is -0.357. The summed E-state index contributed by atoms with van der Waals surface area (Å²) >= 11 is 15.3. The maximum Gasteiger partial charge on any atom is 0.0765 e. The second-order valence-electron chi connectivity index (χ2n) is 9.05. The molecule has 0 aromatic heterocycles. The Labute approximate surface area is 184 Å². The lowest BCUT2D eigenvalue weighted by atomic mass is 9.61. The van der Waals surface area contributed by atoms with Gasteiger partial charge in [0, 0.05) is 33.8 Å². The Hall–Kier alpha value is 1.20. The molecule has 0 aliphatic heterocycles. The van der Waals surface area contributed by atoms with Gasteiger partial charge >= 0.3 is 0 Å². The van der Waals surface area contributed by atoms with Gasteiger partial charge < -0.3 is 10.2 Å². The largest absolute Gasteiger partial charge is 0.391 e. The molecule has 2 fully saturated rings. The molecular weight excluding hydrogens is 419 g/mol. The molecule has 2 N–H and O–H groups in total. The number of hydrogen-bond donors (Lipinski definition) is 2. The third kappa shape index (κ3) is 7.75. The molecular formula is C21H38Cl2O2S2. The molecule has 0 spiro atoms. The fourth-order valence-electron chi connectivity index (χ4n) is 4.86. The van der Waals surface area contributed by atoms with Gasteiger partial charge in [-0.2, -0.15) is 23.5 Å². The first-order valence-electron chi connectivity index (χ1n) is 10.6. The molecule has 0 amide bonds. The highest BCUT2D eigenvalue weighted by atomic mass is 35.5. The van der Waals surface area contributed by atoms with Crippen LogP contribution >= 0.6 is 46.7 Å². The summed E-state index contributed by atoms with van der Waals surface area (Å²) in [7, 11) is 0. The maximum atomic E-state index is 9.67. The van der Waals surface area contributed by atoms with Crippen molar-refractivity contribution in [1.29, 1.82) is 0 Å². The van der Waals surface area contributed by atoms with Crippen molar-refractivity contribution in [2.75, 3.05) is 23.3 Å². The van der Waals surface area contributed by atoms with Crippen LogP contribution in [0.1, 0.15) is 65.2 Å². The molecule has 2 aliphatic rings. The van der Waals surface area contributed by atoms with Gasteiger partial charge in [0.1, 0.15) is 0 Å². The molecule has 0 radical (unpaired) electrons. The van der Waals surface area contributed by atoms with Crippen molar-refractivity contribution in [3.63, 3.8) is 0 Å². The SMILES string of the molecule is CC(C)(C1CCC(SCC(O)CCl)CC1)C1CCC(SCC(O)CCl)CC1. The van der Waals surface area contributed by atoms with E-state index in [1.807, 2.05) is 23.5 Å². The summed E-state index contributed by atoms with van der Waals surface area (Å²) in [6, 6.07) is 0. The molecule has 0 saturated heterocycles. The van der Waals surface area contributed by atoms with Crippen molar-refractivity contribution in [2.24, 2.45) is 17.3 Å². The van der Waals surface area contributed by atoms with Crippen LogP contribution in [0.3, 0.4) is 0 Å². The first-order valence-corrected chi connectivity index (χ1v) is 13.7. The Morgan fingerprint density at radius 1 is 0.741 bits per heavy atom. The second-order valence-corrected chi connectivity index (χ2v) is 12.3. The molecule has 2 nitrogen and oxygen atoms in total. The highest BCUT2D eigenvalue weighted by Crippen LogP contribution is 2.50. The van der Waals surface area contributed by atoms with Crippen molar-refractivity contribution in [2.45, 2.75) is 87.9 Å². The number of aliphatic hydroxyl groups excluding tert-OH is 2. The zero-order valence-corrected chi connectivity index (χ0v) is 20.1. The van der Waals surface area contributed by atoms with Gasteiger partial charge in [-0.25, -0.2) is 0 Å². The number of hydrogen-bond acceptors (Lipinski definition) is 4. The molecule has 0 aromatic carbocycles. The van der Waals surface area contributed by atoms with E-state index in [4.69, 9.17) is 23.2 Å². The summed E-state index contributed by atoms with van der Waals surface area (Å²) in [6.45, 7) is 5.02. The van der Waals surface area contributed by atoms with E-state index in [0.29, 0.717) is 27.7 Å². The van der Waals surface area contributed by atoms with Gasteiger partial charge in [-0.1, -0.05) is 13.8 Å². The van der Waals surface area contributed by atoms with Gasteiger partial charge in [0.2, 0.25) is 0 Å². The first kappa shape index (κ1) is 24.5. The van der Waals surface area contributed by atoms with Gasteiger partial charge in [0.05, 0.1) is 12.2 Å². The fourth-order valence-corrected chi connectivity index (χ4v) is 7.78. The van der Waals surface area contributed by atoms with E-state index < -0.39 is 0 Å². The van der Waals surface area contributed by atoms with Gasteiger partial charge in [0.15, 0.2) is 0 Å². The van der Waals surface area contributed by atoms with Crippen LogP contribution in [0.15, 0.2) is 0 Å². The van der Waals surface area contributed by atoms with Crippen molar-refractivity contribution in [3.05, 3.63) is 0 Å². The van der Waals surface area contributed by atoms with Crippen LogP contribution in [0.4, 0.5) is 0 Å². The summed E-state index contributed by atoms with van der Waals surface area (Å²) in [5.74, 6) is 3.92. The van der Waals surface area contributed by atoms with E-state index in [-0.39, 0.29) is 12.2 Å². The highest BCUT2D eigenvalue weighted by molar-refractivity contribution is 8.00. The minimum absolute atomic E-state index is 0.348. The van der Waals surface area contributed by atoms with E-state index in [1.165, 1.54) is 51.4 Å². The van der Waals surface area contributed by atoms with E-state index >= 15 is 0 Å². The number of alkyl halides is 2. The van der Waals surface area contributed by atoms with E-state index in [1.54, 1.807) is 0 Å². The summed E-state index contributed by atoms with van der Waals surface area (Å²) < 4.78 is 0. The van der Waals surface area contributed by atoms with Gasteiger partial charge in [-0.3, -0.25) is 0 Å². The normalized spacial score (nSPS) is 32.2. The molecule has 160 valence electrons. The molecule has 2 saturated carbocycles. The first-order chi connectivity index (χ1) is 12.9. The number of rotatable bonds is 10. The predicted molar refractivity (Wildman–Crippen MR) is 124 cm³/mol. The Morgan fingerprint density at radius 3 is 1.37 bits per heavy atom. The van der Waals surface area contributed by atoms with Gasteiger partial charge in [-0.15, -0.1) is 23.2 Å². The Kier molecular flexibility index (Phi) is 11.0. The Balaban J connectivity index is 1.72. The smallest absolute Gasteiger partial charge is 0.0765 e. The third-order valence-corrected chi connectivity index (χ3v) is 10.6. The predicted octanol–water partition coefficient (Wildman–Crippen LogP) is 5.80. The lowest BCUT2D eigenvalue weighted by molar-refractivity contribution is 0.0607. The second kappa shape index (κ2) is 12.2. The summed E-state index contributed by atoms with van der Waals surface area (Å²) in [4.78, 5) is 0. The molecule has 0 aromatic rings. The van der Waals surface area contributed by atoms with Crippen LogP contribution in [-0.4, -0.2) is 56.2 Å². The van der Waals surface area contributed by atoms with E-state index in [0.717, 1.165) is 23.3 Å². The van der Waals surface area contributed by atoms with Crippen molar-refractivity contribution in [3.8, 4) is 0 Å². The standard InChI is InChI=1S/C21H38Cl2O2S2/c1-21(2,15-3-7-19(8-4-15)26-13-17(24)11-22)16-5-9-20(10-6-16)27-14-18(25)12-23/h15-20,24-25H,3-14H2,1-2H3. The summed E-state index contributed by atoms with van der Waals surface area (Å²) in [5.41, 5.74) is 0.427. The van der Waals surface area contributed by atoms with Gasteiger partial charge in [0.25, 0.3) is 0 Å². The monoisotopic (exact) mass is 456 g/mol. The topological polar surface area (TPSA) is 40.5 Å². The van der Waals surface area contributed by atoms with Gasteiger partial charge in [-0.05, 0) is 68.6 Å². The van der Waals surface area contributed by atoms with Crippen molar-refractivity contribution < 1.29 is 10.2 Å². The zero-order valence-electron chi connectivity index (χ0n) is 16.9. The molecule has 0 heterocycles. The molecule has 2 atom stereocenters. The molecule has 6 heteroatoms. The van der Waals surface area contributed by atoms with Crippen LogP contribution in [-0.2, 0) is 0 Å². The van der Waals surface area contributed by atoms with Crippen molar-refractivity contribution >= 4 is 46.7 Å². The average molecular weight is 458 g/mol. The quantitative estimate of drug-likeness (QED) is 0.407. The number of aliphatic hydroxyl groups is 2. The summed E-state index contributed by atoms with van der Waals surface area (Å²) in [6.07, 6.45) is 9.76. The van der Waals surface area contributed by atoms with Crippen LogP contribution < -0.4 is 0 Å². The molecule has 0 bridgehead atoms. The maximum absolute atomic E-state index is 9.67. The Morgan fingerprint density at radius 2 is 1.07 bits per heavy atom. The molecule has 2 unspecified atom stereocenters. The fraction of sp³-hybridized carbons (Fsp3) is 1.00. The number of halogens is 2. The summed E-state index contributed by atoms with van der Waals surface area (Å²) in [5, 5.41) is 20.7. The lowest BCUT2D eigenvalue weighted by Crippen LogP contribution is -2.38. The van der Waals surface area contributed by atoms with E-state index in [2.05, 4.69) is 13.8 Å². The van der Waals surface area contributed by atoms with Crippen LogP contribution in [0.5, 0.6) is 0 Å². The number of thioether (sulfide) groups is 2. The molecule has 2 aliphatic carbocycles. The Bertz CT molecular complexity index is 373. The van der Waals surface area contributed by atoms with Crippen LogP contribution in [0.25, 0.3) is 0 Å². The van der Waals surface area contributed by atoms with E-state index in [9.17, 15) is 10.2 Å². The van der Waals surface area contributed by atoms with Crippen LogP contribution in [0.2, 0.25) is 0 Å². The third-order valence-electron chi connectivity index (χ3n) is 6.86. The molecule has 27 heavy (non-hydrogen) atoms. The minimum Gasteiger partial charge on any atom is -0.391 e. The average Bonchev–Trinajstić information content (AvgIpc) is 2.70. The van der Waals surface area contributed by atoms with Crippen molar-refractivity contribution in [1.82, 2.24) is 0 Å². The lowest BCUT2D eigenvalue weighted by Gasteiger charge is -2.46. The zero-order chi connectivity index (χ0) is 19.9. The van der Waals surface area contributed by atoms with Crippen LogP contribution in [0, 0.1) is 17.3 Å². The molecule has 2 rings (SSSR count). The highest BCUT2D eigenvalue weighted by Gasteiger charge is 2.40.